The normalized spacial score (nSPS) is 15.8. The maximum Gasteiger partial charge on any atom is 0.303 e. The highest BCUT2D eigenvalue weighted by Gasteiger charge is 2.31. The van der Waals surface area contributed by atoms with Crippen LogP contribution in [-0.4, -0.2) is 33.7 Å². The third kappa shape index (κ3) is 3.88. The number of ether oxygens (including phenoxy) is 2. The lowest BCUT2D eigenvalue weighted by molar-refractivity contribution is -0.137. The van der Waals surface area contributed by atoms with Gasteiger partial charge in [-0.05, 0) is 24.1 Å². The second-order valence-corrected chi connectivity index (χ2v) is 5.99. The maximum absolute atomic E-state index is 12.4. The number of aromatic hydroxyl groups is 2. The van der Waals surface area contributed by atoms with Gasteiger partial charge in [-0.25, -0.2) is 0 Å². The minimum atomic E-state index is -0.910. The smallest absolute Gasteiger partial charge is 0.303 e. The predicted molar refractivity (Wildman–Crippen MR) is 90.9 cm³/mol. The zero-order valence-corrected chi connectivity index (χ0v) is 13.8. The molecule has 3 rings (SSSR count). The second-order valence-electron chi connectivity index (χ2n) is 5.99. The summed E-state index contributed by atoms with van der Waals surface area (Å²) in [6.07, 6.45) is -0.153. The first-order chi connectivity index (χ1) is 12.4. The van der Waals surface area contributed by atoms with E-state index >= 15 is 0 Å². The van der Waals surface area contributed by atoms with E-state index in [0.717, 1.165) is 5.56 Å². The summed E-state index contributed by atoms with van der Waals surface area (Å²) in [7, 11) is 0. The van der Waals surface area contributed by atoms with Gasteiger partial charge in [0.05, 0.1) is 13.0 Å². The molecule has 7 heteroatoms. The van der Waals surface area contributed by atoms with Crippen molar-refractivity contribution < 1.29 is 34.4 Å². The van der Waals surface area contributed by atoms with Crippen LogP contribution in [0, 0.1) is 0 Å². The minimum absolute atomic E-state index is 0.0190. The second kappa shape index (κ2) is 7.35. The van der Waals surface area contributed by atoms with Crippen LogP contribution in [0.2, 0.25) is 0 Å². The SMILES string of the molecule is O=C(O)CCCOc1cc(O)c2c(c1)OC(c1ccc(O)cc1)CC2=O. The molecular weight excluding hydrogens is 340 g/mol. The zero-order chi connectivity index (χ0) is 18.7. The molecule has 2 aromatic rings. The van der Waals surface area contributed by atoms with E-state index in [1.807, 2.05) is 0 Å². The summed E-state index contributed by atoms with van der Waals surface area (Å²) in [4.78, 5) is 22.9. The number of rotatable bonds is 6. The van der Waals surface area contributed by atoms with Crippen LogP contribution in [-0.2, 0) is 4.79 Å². The van der Waals surface area contributed by atoms with Gasteiger partial charge in [-0.3, -0.25) is 9.59 Å². The number of phenolic OH excluding ortho intramolecular Hbond substituents is 2. The molecule has 0 aromatic heterocycles. The Bertz CT molecular complexity index is 827. The number of ketones is 1. The molecule has 1 aliphatic rings. The van der Waals surface area contributed by atoms with Crippen LogP contribution in [0.15, 0.2) is 36.4 Å². The van der Waals surface area contributed by atoms with Gasteiger partial charge in [-0.15, -0.1) is 0 Å². The Morgan fingerprint density at radius 2 is 1.92 bits per heavy atom. The maximum atomic E-state index is 12.4. The first-order valence-electron chi connectivity index (χ1n) is 8.14. The fourth-order valence-electron chi connectivity index (χ4n) is 2.79. The van der Waals surface area contributed by atoms with Gasteiger partial charge in [0.25, 0.3) is 0 Å². The van der Waals surface area contributed by atoms with Gasteiger partial charge in [-0.2, -0.15) is 0 Å². The van der Waals surface area contributed by atoms with Gasteiger partial charge >= 0.3 is 5.97 Å². The van der Waals surface area contributed by atoms with Crippen LogP contribution in [0.1, 0.15) is 41.3 Å². The van der Waals surface area contributed by atoms with Crippen molar-refractivity contribution in [3.05, 3.63) is 47.5 Å². The van der Waals surface area contributed by atoms with Crippen LogP contribution in [0.4, 0.5) is 0 Å². The molecule has 0 saturated heterocycles. The van der Waals surface area contributed by atoms with E-state index in [9.17, 15) is 19.8 Å². The van der Waals surface area contributed by atoms with Crippen molar-refractivity contribution in [3.8, 4) is 23.0 Å². The first kappa shape index (κ1) is 17.6. The van der Waals surface area contributed by atoms with E-state index in [0.29, 0.717) is 12.2 Å². The summed E-state index contributed by atoms with van der Waals surface area (Å²) in [5.41, 5.74) is 0.840. The van der Waals surface area contributed by atoms with E-state index < -0.39 is 12.1 Å². The number of phenols is 2. The Balaban J connectivity index is 1.78. The lowest BCUT2D eigenvalue weighted by Gasteiger charge is -2.26. The summed E-state index contributed by atoms with van der Waals surface area (Å²) >= 11 is 0. The Morgan fingerprint density at radius 3 is 2.62 bits per heavy atom. The Morgan fingerprint density at radius 1 is 1.19 bits per heavy atom. The fraction of sp³-hybridized carbons (Fsp3) is 0.263. The molecule has 2 aromatic carbocycles. The molecule has 0 bridgehead atoms. The number of hydrogen-bond donors (Lipinski definition) is 3. The van der Waals surface area contributed by atoms with Gasteiger partial charge in [0.15, 0.2) is 5.78 Å². The van der Waals surface area contributed by atoms with Crippen molar-refractivity contribution >= 4 is 11.8 Å². The number of fused-ring (bicyclic) bond motifs is 1. The van der Waals surface area contributed by atoms with E-state index in [1.54, 1.807) is 12.1 Å². The van der Waals surface area contributed by atoms with E-state index in [4.69, 9.17) is 14.6 Å². The summed E-state index contributed by atoms with van der Waals surface area (Å²) in [6.45, 7) is 0.167. The average molecular weight is 358 g/mol. The number of carbonyl (C=O) groups is 2. The fourth-order valence-corrected chi connectivity index (χ4v) is 2.79. The average Bonchev–Trinajstić information content (AvgIpc) is 2.58. The van der Waals surface area contributed by atoms with Crippen LogP contribution >= 0.6 is 0 Å². The molecule has 3 N–H and O–H groups in total. The molecule has 136 valence electrons. The minimum Gasteiger partial charge on any atom is -0.508 e. The largest absolute Gasteiger partial charge is 0.508 e. The highest BCUT2D eigenvalue weighted by atomic mass is 16.5. The molecule has 1 atom stereocenters. The van der Waals surface area contributed by atoms with Crippen molar-refractivity contribution in [1.29, 1.82) is 0 Å². The summed E-state index contributed by atoms with van der Waals surface area (Å²) in [5.74, 6) is -0.763. The number of carboxylic acids is 1. The molecule has 0 aliphatic carbocycles. The number of hydrogen-bond acceptors (Lipinski definition) is 6. The third-order valence-corrected chi connectivity index (χ3v) is 4.04. The first-order valence-corrected chi connectivity index (χ1v) is 8.14. The summed E-state index contributed by atoms with van der Waals surface area (Å²) < 4.78 is 11.3. The topological polar surface area (TPSA) is 113 Å². The number of carbonyl (C=O) groups excluding carboxylic acids is 1. The molecule has 0 radical (unpaired) electrons. The van der Waals surface area contributed by atoms with Crippen molar-refractivity contribution in [2.24, 2.45) is 0 Å². The molecule has 1 aliphatic heterocycles. The van der Waals surface area contributed by atoms with Crippen LogP contribution < -0.4 is 9.47 Å². The van der Waals surface area contributed by atoms with Crippen LogP contribution in [0.25, 0.3) is 0 Å². The highest BCUT2D eigenvalue weighted by Crippen LogP contribution is 2.42. The monoisotopic (exact) mass is 358 g/mol. The van der Waals surface area contributed by atoms with Gasteiger partial charge in [0, 0.05) is 18.6 Å². The molecule has 0 fully saturated rings. The Hall–Kier alpha value is -3.22. The Labute approximate surface area is 149 Å². The van der Waals surface area contributed by atoms with Crippen molar-refractivity contribution in [2.75, 3.05) is 6.61 Å². The van der Waals surface area contributed by atoms with Crippen molar-refractivity contribution in [3.63, 3.8) is 0 Å². The number of aliphatic carboxylic acids is 1. The zero-order valence-electron chi connectivity index (χ0n) is 13.8. The highest BCUT2D eigenvalue weighted by molar-refractivity contribution is 6.02. The van der Waals surface area contributed by atoms with Crippen LogP contribution in [0.3, 0.4) is 0 Å². The molecular formula is C19H18O7. The van der Waals surface area contributed by atoms with Gasteiger partial charge in [-0.1, -0.05) is 12.1 Å². The summed E-state index contributed by atoms with van der Waals surface area (Å²) in [5, 5.41) is 28.1. The molecule has 26 heavy (non-hydrogen) atoms. The molecule has 0 spiro atoms. The van der Waals surface area contributed by atoms with E-state index in [-0.39, 0.29) is 48.0 Å². The molecule has 7 nitrogen and oxygen atoms in total. The van der Waals surface area contributed by atoms with E-state index in [2.05, 4.69) is 0 Å². The molecule has 1 unspecified atom stereocenters. The number of benzene rings is 2. The lowest BCUT2D eigenvalue weighted by atomic mass is 9.95. The molecule has 0 amide bonds. The van der Waals surface area contributed by atoms with E-state index in [1.165, 1.54) is 24.3 Å². The van der Waals surface area contributed by atoms with Gasteiger partial charge in [0.2, 0.25) is 0 Å². The number of Topliss-reactive ketones (excluding diaryl/α,β-unsaturated/α-hetero) is 1. The standard InChI is InChI=1S/C19H18O7/c20-12-5-3-11(4-6-12)16-10-15(22)19-14(21)8-13(9-17(19)26-16)25-7-1-2-18(23)24/h3-6,8-9,16,20-21H,1-2,7,10H2,(H,23,24). The van der Waals surface area contributed by atoms with Crippen molar-refractivity contribution in [1.82, 2.24) is 0 Å². The predicted octanol–water partition coefficient (Wildman–Crippen LogP) is 3.05. The third-order valence-electron chi connectivity index (χ3n) is 4.04. The lowest BCUT2D eigenvalue weighted by Crippen LogP contribution is -2.20. The van der Waals surface area contributed by atoms with Crippen LogP contribution in [0.5, 0.6) is 23.0 Å². The quantitative estimate of drug-likeness (QED) is 0.680. The summed E-state index contributed by atoms with van der Waals surface area (Å²) in [6, 6.07) is 9.20. The molecule has 1 heterocycles. The Kier molecular flexibility index (Phi) is 4.97. The van der Waals surface area contributed by atoms with Crippen molar-refractivity contribution in [2.45, 2.75) is 25.4 Å². The van der Waals surface area contributed by atoms with Gasteiger partial charge in [0.1, 0.15) is 34.7 Å². The molecule has 0 saturated carbocycles. The number of carboxylic acid groups (broad SMARTS) is 1. The van der Waals surface area contributed by atoms with Gasteiger partial charge < -0.3 is 24.8 Å².